The largest absolute Gasteiger partial charge is 0.357 e. The molecule has 170 valence electrons. The van der Waals surface area contributed by atoms with Crippen LogP contribution in [0.4, 0.5) is 0 Å². The highest BCUT2D eigenvalue weighted by atomic mass is 16.2. The number of pyridine rings is 1. The van der Waals surface area contributed by atoms with Gasteiger partial charge in [-0.05, 0) is 63.8 Å². The Labute approximate surface area is 194 Å². The predicted octanol–water partition coefficient (Wildman–Crippen LogP) is 5.39. The van der Waals surface area contributed by atoms with Crippen LogP contribution in [0.5, 0.6) is 0 Å². The summed E-state index contributed by atoms with van der Waals surface area (Å²) in [4.78, 5) is 23.6. The minimum absolute atomic E-state index is 0.104. The number of carbonyl (C=O) groups is 1. The molecule has 0 bridgehead atoms. The normalized spacial score (nSPS) is 16.5. The van der Waals surface area contributed by atoms with Crippen molar-refractivity contribution in [1.29, 1.82) is 0 Å². The van der Waals surface area contributed by atoms with Gasteiger partial charge in [0.15, 0.2) is 0 Å². The summed E-state index contributed by atoms with van der Waals surface area (Å²) >= 11 is 0. The standard InChI is InChI=1S/C27H31N5O/c1-5-32-19(4)23(18(3)30-32)27(33)31-15-7-9-21(16-31)26-24(20-11-13-28-14-12-20)22-10-6-8-17(2)25(22)29-26/h6,8,10-14,21,29H,5,7,9,15-16H2,1-4H3/t21-/m1/s1. The number of aromatic nitrogens is 4. The summed E-state index contributed by atoms with van der Waals surface area (Å²) < 4.78 is 1.92. The quantitative estimate of drug-likeness (QED) is 0.462. The lowest BCUT2D eigenvalue weighted by molar-refractivity contribution is 0.0704. The Hall–Kier alpha value is -3.41. The fourth-order valence-corrected chi connectivity index (χ4v) is 5.39. The van der Waals surface area contributed by atoms with E-state index in [1.165, 1.54) is 27.7 Å². The zero-order valence-corrected chi connectivity index (χ0v) is 19.9. The summed E-state index contributed by atoms with van der Waals surface area (Å²) in [6.45, 7) is 10.4. The molecule has 6 heteroatoms. The van der Waals surface area contributed by atoms with Crippen molar-refractivity contribution in [1.82, 2.24) is 24.6 Å². The van der Waals surface area contributed by atoms with Crippen molar-refractivity contribution in [3.8, 4) is 11.1 Å². The molecule has 5 rings (SSSR count). The molecule has 1 fully saturated rings. The first-order valence-electron chi connectivity index (χ1n) is 11.8. The van der Waals surface area contributed by atoms with Gasteiger partial charge in [0.25, 0.3) is 5.91 Å². The molecular weight excluding hydrogens is 410 g/mol. The highest BCUT2D eigenvalue weighted by molar-refractivity contribution is 5.99. The number of aromatic amines is 1. The lowest BCUT2D eigenvalue weighted by Crippen LogP contribution is -2.39. The van der Waals surface area contributed by atoms with Crippen LogP contribution in [0.25, 0.3) is 22.0 Å². The molecule has 33 heavy (non-hydrogen) atoms. The van der Waals surface area contributed by atoms with E-state index in [9.17, 15) is 4.79 Å². The Bertz CT molecular complexity index is 1320. The lowest BCUT2D eigenvalue weighted by atomic mass is 9.89. The maximum Gasteiger partial charge on any atom is 0.257 e. The van der Waals surface area contributed by atoms with Crippen LogP contribution in [0.3, 0.4) is 0 Å². The number of nitrogens with one attached hydrogen (secondary N) is 1. The van der Waals surface area contributed by atoms with Gasteiger partial charge in [-0.15, -0.1) is 0 Å². The average molecular weight is 442 g/mol. The second kappa shape index (κ2) is 8.50. The predicted molar refractivity (Wildman–Crippen MR) is 132 cm³/mol. The summed E-state index contributed by atoms with van der Waals surface area (Å²) in [5, 5.41) is 5.80. The smallest absolute Gasteiger partial charge is 0.257 e. The van der Waals surface area contributed by atoms with Gasteiger partial charge < -0.3 is 9.88 Å². The number of hydrogen-bond donors (Lipinski definition) is 1. The molecule has 3 aromatic heterocycles. The molecular formula is C27H31N5O. The first-order valence-corrected chi connectivity index (χ1v) is 11.8. The Morgan fingerprint density at radius 1 is 1.15 bits per heavy atom. The molecule has 4 heterocycles. The molecule has 4 aromatic rings. The Morgan fingerprint density at radius 3 is 2.67 bits per heavy atom. The number of fused-ring (bicyclic) bond motifs is 1. The molecule has 0 aliphatic carbocycles. The van der Waals surface area contributed by atoms with Gasteiger partial charge in [0.05, 0.1) is 11.3 Å². The third-order valence-corrected chi connectivity index (χ3v) is 7.05. The van der Waals surface area contributed by atoms with E-state index >= 15 is 0 Å². The van der Waals surface area contributed by atoms with Crippen LogP contribution >= 0.6 is 0 Å². The molecule has 1 saturated heterocycles. The highest BCUT2D eigenvalue weighted by Gasteiger charge is 2.31. The van der Waals surface area contributed by atoms with E-state index in [1.54, 1.807) is 0 Å². The minimum Gasteiger partial charge on any atom is -0.357 e. The van der Waals surface area contributed by atoms with Gasteiger partial charge in [0.1, 0.15) is 0 Å². The number of likely N-dealkylation sites (tertiary alicyclic amines) is 1. The van der Waals surface area contributed by atoms with Crippen molar-refractivity contribution in [3.05, 3.63) is 70.9 Å². The second-order valence-corrected chi connectivity index (χ2v) is 9.10. The first-order chi connectivity index (χ1) is 16.0. The molecule has 0 spiro atoms. The van der Waals surface area contributed by atoms with Crippen LogP contribution in [0.2, 0.25) is 0 Å². The number of rotatable bonds is 4. The number of benzene rings is 1. The third kappa shape index (κ3) is 3.63. The number of carbonyl (C=O) groups excluding carboxylic acids is 1. The number of para-hydroxylation sites is 1. The molecule has 0 saturated carbocycles. The fourth-order valence-electron chi connectivity index (χ4n) is 5.39. The molecule has 1 amide bonds. The van der Waals surface area contributed by atoms with Crippen LogP contribution in [-0.4, -0.2) is 43.6 Å². The van der Waals surface area contributed by atoms with Crippen molar-refractivity contribution >= 4 is 16.8 Å². The van der Waals surface area contributed by atoms with Gasteiger partial charge in [-0.2, -0.15) is 5.10 Å². The van der Waals surface area contributed by atoms with Crippen LogP contribution in [0.15, 0.2) is 42.7 Å². The Morgan fingerprint density at radius 2 is 1.94 bits per heavy atom. The van der Waals surface area contributed by atoms with Crippen molar-refractivity contribution in [2.24, 2.45) is 0 Å². The molecule has 1 aromatic carbocycles. The van der Waals surface area contributed by atoms with Crippen LogP contribution in [0.1, 0.15) is 58.7 Å². The molecule has 0 radical (unpaired) electrons. The summed E-state index contributed by atoms with van der Waals surface area (Å²) in [7, 11) is 0. The van der Waals surface area contributed by atoms with Crippen molar-refractivity contribution in [2.75, 3.05) is 13.1 Å². The van der Waals surface area contributed by atoms with Crippen molar-refractivity contribution in [2.45, 2.75) is 53.0 Å². The number of nitrogens with zero attached hydrogens (tertiary/aromatic N) is 4. The lowest BCUT2D eigenvalue weighted by Gasteiger charge is -2.33. The van der Waals surface area contributed by atoms with Gasteiger partial charge in [0, 0.05) is 65.8 Å². The van der Waals surface area contributed by atoms with Gasteiger partial charge in [-0.1, -0.05) is 18.2 Å². The SMILES string of the molecule is CCn1nc(C)c(C(=O)N2CCC[C@@H](c3[nH]c4c(C)cccc4c3-c3ccncc3)C2)c1C. The Balaban J connectivity index is 1.54. The van der Waals surface area contributed by atoms with E-state index in [4.69, 9.17) is 0 Å². The summed E-state index contributed by atoms with van der Waals surface area (Å²) in [5.74, 6) is 0.353. The maximum atomic E-state index is 13.6. The first kappa shape index (κ1) is 21.4. The zero-order valence-electron chi connectivity index (χ0n) is 19.9. The number of H-pyrrole nitrogens is 1. The van der Waals surface area contributed by atoms with E-state index in [0.717, 1.165) is 48.4 Å². The van der Waals surface area contributed by atoms with Gasteiger partial charge in [0.2, 0.25) is 0 Å². The van der Waals surface area contributed by atoms with Crippen molar-refractivity contribution in [3.63, 3.8) is 0 Å². The van der Waals surface area contributed by atoms with E-state index in [0.29, 0.717) is 6.54 Å². The summed E-state index contributed by atoms with van der Waals surface area (Å²) in [6, 6.07) is 10.6. The molecule has 1 atom stereocenters. The van der Waals surface area contributed by atoms with Gasteiger partial charge >= 0.3 is 0 Å². The summed E-state index contributed by atoms with van der Waals surface area (Å²) in [6.07, 6.45) is 5.74. The van der Waals surface area contributed by atoms with Crippen LogP contribution < -0.4 is 0 Å². The molecule has 1 aliphatic rings. The molecule has 6 nitrogen and oxygen atoms in total. The highest BCUT2D eigenvalue weighted by Crippen LogP contribution is 2.40. The van der Waals surface area contributed by atoms with E-state index in [1.807, 2.05) is 35.8 Å². The zero-order chi connectivity index (χ0) is 23.1. The molecule has 0 unspecified atom stereocenters. The van der Waals surface area contributed by atoms with Crippen LogP contribution in [0, 0.1) is 20.8 Å². The molecule has 1 N–H and O–H groups in total. The van der Waals surface area contributed by atoms with E-state index in [2.05, 4.69) is 59.2 Å². The number of hydrogen-bond acceptors (Lipinski definition) is 3. The topological polar surface area (TPSA) is 66.8 Å². The monoisotopic (exact) mass is 441 g/mol. The third-order valence-electron chi connectivity index (χ3n) is 7.05. The summed E-state index contributed by atoms with van der Waals surface area (Å²) in [5.41, 5.74) is 8.58. The minimum atomic E-state index is 0.104. The number of piperidine rings is 1. The molecule has 1 aliphatic heterocycles. The van der Waals surface area contributed by atoms with E-state index < -0.39 is 0 Å². The van der Waals surface area contributed by atoms with Gasteiger partial charge in [-0.25, -0.2) is 0 Å². The number of aryl methyl sites for hydroxylation is 3. The van der Waals surface area contributed by atoms with E-state index in [-0.39, 0.29) is 11.8 Å². The van der Waals surface area contributed by atoms with Crippen molar-refractivity contribution < 1.29 is 4.79 Å². The number of amides is 1. The van der Waals surface area contributed by atoms with Gasteiger partial charge in [-0.3, -0.25) is 14.5 Å². The van der Waals surface area contributed by atoms with Crippen LogP contribution in [-0.2, 0) is 6.54 Å². The fraction of sp³-hybridized carbons (Fsp3) is 0.370. The average Bonchev–Trinajstić information content (AvgIpc) is 3.37. The second-order valence-electron chi connectivity index (χ2n) is 9.10. The maximum absolute atomic E-state index is 13.6. The Kier molecular flexibility index (Phi) is 5.52.